The molecule has 1 saturated heterocycles. The molecule has 1 fully saturated rings. The van der Waals surface area contributed by atoms with Crippen molar-refractivity contribution < 1.29 is 18.0 Å². The maximum atomic E-state index is 12.5. The number of likely N-dealkylation sites (tertiary alicyclic amines) is 1. The molecule has 1 aromatic carbocycles. The van der Waals surface area contributed by atoms with Gasteiger partial charge in [0.1, 0.15) is 0 Å². The van der Waals surface area contributed by atoms with Gasteiger partial charge in [-0.2, -0.15) is 0 Å². The van der Waals surface area contributed by atoms with Gasteiger partial charge in [0.05, 0.1) is 11.4 Å². The monoisotopic (exact) mass is 396 g/mol. The Morgan fingerprint density at radius 1 is 1.30 bits per heavy atom. The van der Waals surface area contributed by atoms with Gasteiger partial charge in [0.2, 0.25) is 21.8 Å². The van der Waals surface area contributed by atoms with E-state index in [4.69, 9.17) is 10.9 Å². The molecule has 0 spiro atoms. The van der Waals surface area contributed by atoms with Gasteiger partial charge < -0.3 is 11.1 Å². The molecular weight excluding hydrogens is 368 g/mol. The van der Waals surface area contributed by atoms with Gasteiger partial charge in [-0.1, -0.05) is 0 Å². The summed E-state index contributed by atoms with van der Waals surface area (Å²) in [5, 5.41) is 8.01. The number of primary sulfonamides is 1. The van der Waals surface area contributed by atoms with Crippen molar-refractivity contribution in [3.63, 3.8) is 0 Å². The summed E-state index contributed by atoms with van der Waals surface area (Å²) in [6, 6.07) is 2.88. The molecule has 150 valence electrons. The van der Waals surface area contributed by atoms with E-state index in [0.717, 1.165) is 43.5 Å². The van der Waals surface area contributed by atoms with Crippen LogP contribution in [0.2, 0.25) is 0 Å². The normalized spacial score (nSPS) is 18.3. The summed E-state index contributed by atoms with van der Waals surface area (Å²) in [7, 11) is -3.85. The third kappa shape index (κ3) is 6.30. The molecule has 0 bridgehead atoms. The molecule has 1 atom stereocenters. The fraction of sp³-hybridized carbons (Fsp3) is 0.556. The van der Waals surface area contributed by atoms with Crippen LogP contribution in [0.1, 0.15) is 36.8 Å². The first-order valence-corrected chi connectivity index (χ1v) is 10.6. The quantitative estimate of drug-likeness (QED) is 0.628. The second kappa shape index (κ2) is 8.81. The van der Waals surface area contributed by atoms with Crippen molar-refractivity contribution in [3.05, 3.63) is 23.3 Å². The third-order valence-corrected chi connectivity index (χ3v) is 5.91. The van der Waals surface area contributed by atoms with Crippen LogP contribution in [0.5, 0.6) is 0 Å². The fourth-order valence-electron chi connectivity index (χ4n) is 3.39. The highest BCUT2D eigenvalue weighted by atomic mass is 32.2. The lowest BCUT2D eigenvalue weighted by atomic mass is 9.93. The largest absolute Gasteiger partial charge is 0.370 e. The molecule has 0 aromatic heterocycles. The van der Waals surface area contributed by atoms with Crippen LogP contribution in [0, 0.1) is 19.8 Å². The Morgan fingerprint density at radius 2 is 2.00 bits per heavy atom. The maximum Gasteiger partial charge on any atom is 0.238 e. The average molecular weight is 397 g/mol. The number of anilines is 1. The van der Waals surface area contributed by atoms with E-state index in [-0.39, 0.29) is 23.3 Å². The zero-order valence-corrected chi connectivity index (χ0v) is 16.6. The highest BCUT2D eigenvalue weighted by molar-refractivity contribution is 7.89. The molecule has 2 rings (SSSR count). The first-order chi connectivity index (χ1) is 12.6. The van der Waals surface area contributed by atoms with Crippen LogP contribution in [-0.4, -0.2) is 44.8 Å². The van der Waals surface area contributed by atoms with Gasteiger partial charge in [-0.3, -0.25) is 14.5 Å². The van der Waals surface area contributed by atoms with Crippen molar-refractivity contribution in [2.24, 2.45) is 16.8 Å². The first kappa shape index (κ1) is 21.3. The highest BCUT2D eigenvalue weighted by Crippen LogP contribution is 2.24. The molecule has 5 N–H and O–H groups in total. The van der Waals surface area contributed by atoms with Gasteiger partial charge in [0.15, 0.2) is 0 Å². The smallest absolute Gasteiger partial charge is 0.238 e. The second-order valence-electron chi connectivity index (χ2n) is 7.25. The minimum Gasteiger partial charge on any atom is -0.370 e. The third-order valence-electron chi connectivity index (χ3n) is 5.01. The lowest BCUT2D eigenvalue weighted by Gasteiger charge is -2.32. The molecular formula is C18H28N4O4S. The van der Waals surface area contributed by atoms with Crippen molar-refractivity contribution in [1.82, 2.24) is 4.90 Å². The Balaban J connectivity index is 2.01. The number of hydrogen-bond acceptors (Lipinski definition) is 5. The number of primary amides is 1. The lowest BCUT2D eigenvalue weighted by Crippen LogP contribution is -2.40. The number of nitrogens with one attached hydrogen (secondary N) is 1. The summed E-state index contributed by atoms with van der Waals surface area (Å²) in [6.45, 7) is 5.36. The van der Waals surface area contributed by atoms with Crippen LogP contribution in [0.15, 0.2) is 17.0 Å². The Bertz CT molecular complexity index is 823. The number of sulfonamides is 1. The predicted octanol–water partition coefficient (Wildman–Crippen LogP) is 0.867. The van der Waals surface area contributed by atoms with Gasteiger partial charge in [0.25, 0.3) is 0 Å². The number of rotatable bonds is 7. The summed E-state index contributed by atoms with van der Waals surface area (Å²) >= 11 is 0. The van der Waals surface area contributed by atoms with E-state index in [2.05, 4.69) is 10.2 Å². The van der Waals surface area contributed by atoms with E-state index in [0.29, 0.717) is 18.0 Å². The summed E-state index contributed by atoms with van der Waals surface area (Å²) in [4.78, 5) is 25.5. The van der Waals surface area contributed by atoms with Crippen LogP contribution in [0.3, 0.4) is 0 Å². The zero-order chi connectivity index (χ0) is 20.2. The summed E-state index contributed by atoms with van der Waals surface area (Å²) in [5.41, 5.74) is 7.20. The van der Waals surface area contributed by atoms with Crippen molar-refractivity contribution in [1.29, 1.82) is 0 Å². The molecule has 1 aliphatic rings. The standard InChI is InChI=1S/C18H28N4O4S/c1-12-8-15(27(20,25)26)9-16(13(12)2)21-18(24)11-22-7-3-4-14(10-22)5-6-17(19)23/h8-9,14H,3-7,10-11H2,1-2H3,(H2,19,23)(H,21,24)(H2,20,25,26)/t14-/m0/s1. The second-order valence-corrected chi connectivity index (χ2v) is 8.82. The molecule has 0 saturated carbocycles. The van der Waals surface area contributed by atoms with E-state index in [9.17, 15) is 18.0 Å². The van der Waals surface area contributed by atoms with Crippen LogP contribution < -0.4 is 16.2 Å². The van der Waals surface area contributed by atoms with Gasteiger partial charge >= 0.3 is 0 Å². The molecule has 0 radical (unpaired) electrons. The number of carbonyl (C=O) groups is 2. The minimum absolute atomic E-state index is 0.0228. The van der Waals surface area contributed by atoms with Crippen molar-refractivity contribution >= 4 is 27.5 Å². The van der Waals surface area contributed by atoms with Gasteiger partial charge in [-0.25, -0.2) is 13.6 Å². The van der Waals surface area contributed by atoms with Crippen molar-refractivity contribution in [2.45, 2.75) is 44.4 Å². The number of nitrogens with two attached hydrogens (primary N) is 2. The summed E-state index contributed by atoms with van der Waals surface area (Å²) in [6.07, 6.45) is 3.10. The van der Waals surface area contributed by atoms with Gasteiger partial charge in [-0.15, -0.1) is 0 Å². The predicted molar refractivity (Wildman–Crippen MR) is 104 cm³/mol. The Hall–Kier alpha value is -1.97. The minimum atomic E-state index is -3.85. The number of piperidine rings is 1. The molecule has 0 aliphatic carbocycles. The van der Waals surface area contributed by atoms with Crippen LogP contribution in [0.4, 0.5) is 5.69 Å². The van der Waals surface area contributed by atoms with Crippen molar-refractivity contribution in [2.75, 3.05) is 25.0 Å². The number of aryl methyl sites for hydroxylation is 1. The van der Waals surface area contributed by atoms with E-state index < -0.39 is 10.0 Å². The highest BCUT2D eigenvalue weighted by Gasteiger charge is 2.22. The number of carbonyl (C=O) groups excluding carboxylic acids is 2. The molecule has 8 nitrogen and oxygen atoms in total. The molecule has 1 aromatic rings. The molecule has 0 unspecified atom stereocenters. The number of hydrogen-bond donors (Lipinski definition) is 3. The Labute approximate surface area is 160 Å². The van der Waals surface area contributed by atoms with Gasteiger partial charge in [0, 0.05) is 18.7 Å². The number of nitrogens with zero attached hydrogens (tertiary/aromatic N) is 1. The topological polar surface area (TPSA) is 136 Å². The van der Waals surface area contributed by atoms with E-state index >= 15 is 0 Å². The number of amides is 2. The Morgan fingerprint density at radius 3 is 2.63 bits per heavy atom. The van der Waals surface area contributed by atoms with Gasteiger partial charge in [-0.05, 0) is 68.8 Å². The van der Waals surface area contributed by atoms with Crippen LogP contribution in [0.25, 0.3) is 0 Å². The molecule has 2 amide bonds. The lowest BCUT2D eigenvalue weighted by molar-refractivity contribution is -0.119. The van der Waals surface area contributed by atoms with E-state index in [1.807, 2.05) is 6.92 Å². The van der Waals surface area contributed by atoms with E-state index in [1.165, 1.54) is 12.1 Å². The SMILES string of the molecule is Cc1cc(S(N)(=O)=O)cc(NC(=O)CN2CCC[C@@H](CCC(N)=O)C2)c1C. The summed E-state index contributed by atoms with van der Waals surface area (Å²) in [5.74, 6) is -0.154. The van der Waals surface area contributed by atoms with E-state index in [1.54, 1.807) is 6.92 Å². The van der Waals surface area contributed by atoms with Crippen molar-refractivity contribution in [3.8, 4) is 0 Å². The summed E-state index contributed by atoms with van der Waals surface area (Å²) < 4.78 is 23.2. The first-order valence-electron chi connectivity index (χ1n) is 9.01. The van der Waals surface area contributed by atoms with Crippen LogP contribution in [-0.2, 0) is 19.6 Å². The average Bonchev–Trinajstić information content (AvgIpc) is 2.56. The van der Waals surface area contributed by atoms with Crippen LogP contribution >= 0.6 is 0 Å². The maximum absolute atomic E-state index is 12.5. The zero-order valence-electron chi connectivity index (χ0n) is 15.8. The Kier molecular flexibility index (Phi) is 6.96. The fourth-order valence-corrected chi connectivity index (χ4v) is 4.01. The molecule has 1 heterocycles. The molecule has 9 heteroatoms. The molecule has 27 heavy (non-hydrogen) atoms. The number of benzene rings is 1. The molecule has 1 aliphatic heterocycles.